The molecule has 0 spiro atoms. The summed E-state index contributed by atoms with van der Waals surface area (Å²) in [5.74, 6) is 0.745. The standard InChI is InChI=1S/C14H26N4O2S/c1-7-18(8-2)13(19)10(3)15-9-11-12(20-6)16-14(21-11)17(4)5/h10,15H,7-9H2,1-6H3. The molecule has 0 aromatic carbocycles. The van der Waals surface area contributed by atoms with E-state index in [1.165, 1.54) is 0 Å². The number of nitrogens with zero attached hydrogens (tertiary/aromatic N) is 3. The van der Waals surface area contributed by atoms with E-state index >= 15 is 0 Å². The molecule has 0 saturated carbocycles. The normalized spacial score (nSPS) is 12.1. The summed E-state index contributed by atoms with van der Waals surface area (Å²) in [4.78, 5) is 21.4. The second-order valence-corrected chi connectivity index (χ2v) is 6.00. The zero-order valence-electron chi connectivity index (χ0n) is 13.8. The monoisotopic (exact) mass is 314 g/mol. The molecule has 0 bridgehead atoms. The number of carbonyl (C=O) groups excluding carboxylic acids is 1. The number of ether oxygens (including phenoxy) is 1. The van der Waals surface area contributed by atoms with Crippen molar-refractivity contribution in [3.8, 4) is 5.88 Å². The van der Waals surface area contributed by atoms with Crippen LogP contribution in [-0.4, -0.2) is 56.1 Å². The smallest absolute Gasteiger partial charge is 0.239 e. The fraction of sp³-hybridized carbons (Fsp3) is 0.714. The van der Waals surface area contributed by atoms with Gasteiger partial charge in [0.25, 0.3) is 0 Å². The molecule has 1 amide bonds. The molecule has 0 aliphatic carbocycles. The fourth-order valence-corrected chi connectivity index (χ4v) is 2.83. The Kier molecular flexibility index (Phi) is 6.91. The number of thiazole rings is 1. The van der Waals surface area contributed by atoms with Crippen LogP contribution in [0.2, 0.25) is 0 Å². The number of amides is 1. The Morgan fingerprint density at radius 2 is 2.00 bits per heavy atom. The van der Waals surface area contributed by atoms with Crippen LogP contribution >= 0.6 is 11.3 Å². The number of hydrogen-bond acceptors (Lipinski definition) is 6. The summed E-state index contributed by atoms with van der Waals surface area (Å²) in [6, 6.07) is -0.223. The summed E-state index contributed by atoms with van der Waals surface area (Å²) >= 11 is 1.57. The topological polar surface area (TPSA) is 57.7 Å². The van der Waals surface area contributed by atoms with Gasteiger partial charge in [-0.05, 0) is 20.8 Å². The van der Waals surface area contributed by atoms with E-state index in [9.17, 15) is 4.79 Å². The average Bonchev–Trinajstić information content (AvgIpc) is 2.89. The number of methoxy groups -OCH3 is 1. The molecule has 0 saturated heterocycles. The summed E-state index contributed by atoms with van der Waals surface area (Å²) in [6.45, 7) is 7.91. The fourth-order valence-electron chi connectivity index (χ4n) is 1.93. The van der Waals surface area contributed by atoms with Crippen molar-refractivity contribution in [1.82, 2.24) is 15.2 Å². The van der Waals surface area contributed by atoms with E-state index in [1.54, 1.807) is 18.4 Å². The van der Waals surface area contributed by atoms with Gasteiger partial charge >= 0.3 is 0 Å². The number of aromatic nitrogens is 1. The van der Waals surface area contributed by atoms with Crippen LogP contribution in [0.1, 0.15) is 25.6 Å². The summed E-state index contributed by atoms with van der Waals surface area (Å²) in [5.41, 5.74) is 0. The summed E-state index contributed by atoms with van der Waals surface area (Å²) in [5, 5.41) is 4.15. The molecule has 6 nitrogen and oxygen atoms in total. The third kappa shape index (κ3) is 4.57. The number of carbonyl (C=O) groups is 1. The quantitative estimate of drug-likeness (QED) is 0.789. The number of rotatable bonds is 8. The van der Waals surface area contributed by atoms with Crippen LogP contribution in [0.25, 0.3) is 0 Å². The molecular formula is C14H26N4O2S. The van der Waals surface area contributed by atoms with Gasteiger partial charge in [0.1, 0.15) is 0 Å². The Bertz CT molecular complexity index is 458. The SMILES string of the molecule is CCN(CC)C(=O)C(C)NCc1sc(N(C)C)nc1OC. The van der Waals surface area contributed by atoms with Gasteiger partial charge in [0, 0.05) is 33.7 Å². The molecule has 1 aromatic rings. The van der Waals surface area contributed by atoms with Crippen LogP contribution in [0.3, 0.4) is 0 Å². The van der Waals surface area contributed by atoms with E-state index in [4.69, 9.17) is 4.74 Å². The molecule has 0 aliphatic heterocycles. The maximum Gasteiger partial charge on any atom is 0.239 e. The van der Waals surface area contributed by atoms with Crippen molar-refractivity contribution in [3.63, 3.8) is 0 Å². The Morgan fingerprint density at radius 1 is 1.38 bits per heavy atom. The van der Waals surface area contributed by atoms with Crippen LogP contribution in [0.15, 0.2) is 0 Å². The van der Waals surface area contributed by atoms with Crippen molar-refractivity contribution in [2.24, 2.45) is 0 Å². The molecule has 0 aliphatic rings. The third-order valence-electron chi connectivity index (χ3n) is 3.24. The molecule has 1 aromatic heterocycles. The van der Waals surface area contributed by atoms with Crippen LogP contribution in [0, 0.1) is 0 Å². The first-order valence-electron chi connectivity index (χ1n) is 7.17. The Balaban J connectivity index is 2.68. The zero-order chi connectivity index (χ0) is 16.0. The summed E-state index contributed by atoms with van der Waals surface area (Å²) in [7, 11) is 5.51. The van der Waals surface area contributed by atoms with Gasteiger partial charge in [-0.3, -0.25) is 4.79 Å². The first-order chi connectivity index (χ1) is 9.94. The lowest BCUT2D eigenvalue weighted by Gasteiger charge is -2.23. The molecule has 1 N–H and O–H groups in total. The maximum absolute atomic E-state index is 12.2. The predicted octanol–water partition coefficient (Wildman–Crippen LogP) is 1.56. The third-order valence-corrected chi connectivity index (χ3v) is 4.44. The minimum absolute atomic E-state index is 0.122. The molecule has 1 rings (SSSR count). The van der Waals surface area contributed by atoms with Crippen molar-refractivity contribution in [2.45, 2.75) is 33.4 Å². The number of likely N-dealkylation sites (N-methyl/N-ethyl adjacent to an activating group) is 1. The molecular weight excluding hydrogens is 288 g/mol. The van der Waals surface area contributed by atoms with E-state index in [1.807, 2.05) is 44.7 Å². The highest BCUT2D eigenvalue weighted by Crippen LogP contribution is 2.30. The van der Waals surface area contributed by atoms with E-state index in [-0.39, 0.29) is 11.9 Å². The summed E-state index contributed by atoms with van der Waals surface area (Å²) < 4.78 is 5.30. The number of anilines is 1. The molecule has 0 radical (unpaired) electrons. The van der Waals surface area contributed by atoms with E-state index in [0.29, 0.717) is 12.4 Å². The van der Waals surface area contributed by atoms with Crippen molar-refractivity contribution < 1.29 is 9.53 Å². The first kappa shape index (κ1) is 17.7. The highest BCUT2D eigenvalue weighted by atomic mass is 32.1. The van der Waals surface area contributed by atoms with Gasteiger partial charge in [0.2, 0.25) is 11.8 Å². The highest BCUT2D eigenvalue weighted by molar-refractivity contribution is 7.15. The predicted molar refractivity (Wildman–Crippen MR) is 87.2 cm³/mol. The zero-order valence-corrected chi connectivity index (χ0v) is 14.6. The van der Waals surface area contributed by atoms with Crippen LogP contribution in [-0.2, 0) is 11.3 Å². The van der Waals surface area contributed by atoms with Crippen LogP contribution in [0.4, 0.5) is 5.13 Å². The van der Waals surface area contributed by atoms with Gasteiger partial charge in [-0.1, -0.05) is 11.3 Å². The lowest BCUT2D eigenvalue weighted by molar-refractivity contribution is -0.132. The Morgan fingerprint density at radius 3 is 2.48 bits per heavy atom. The van der Waals surface area contributed by atoms with Crippen LogP contribution in [0.5, 0.6) is 5.88 Å². The molecule has 7 heteroatoms. The maximum atomic E-state index is 12.2. The molecule has 1 atom stereocenters. The summed E-state index contributed by atoms with van der Waals surface area (Å²) in [6.07, 6.45) is 0. The van der Waals surface area contributed by atoms with Crippen molar-refractivity contribution >= 4 is 22.4 Å². The van der Waals surface area contributed by atoms with Crippen molar-refractivity contribution in [2.75, 3.05) is 39.2 Å². The second kappa shape index (κ2) is 8.19. The highest BCUT2D eigenvalue weighted by Gasteiger charge is 2.19. The van der Waals surface area contributed by atoms with Gasteiger partial charge in [-0.25, -0.2) is 0 Å². The molecule has 0 fully saturated rings. The minimum atomic E-state index is -0.223. The van der Waals surface area contributed by atoms with Gasteiger partial charge in [0.05, 0.1) is 18.0 Å². The second-order valence-electron chi connectivity index (χ2n) is 4.94. The van der Waals surface area contributed by atoms with E-state index < -0.39 is 0 Å². The largest absolute Gasteiger partial charge is 0.480 e. The lowest BCUT2D eigenvalue weighted by atomic mass is 10.2. The van der Waals surface area contributed by atoms with Gasteiger partial charge in [0.15, 0.2) is 5.13 Å². The number of hydrogen-bond donors (Lipinski definition) is 1. The van der Waals surface area contributed by atoms with Gasteiger partial charge in [-0.2, -0.15) is 4.98 Å². The van der Waals surface area contributed by atoms with Gasteiger partial charge in [-0.15, -0.1) is 0 Å². The molecule has 120 valence electrons. The van der Waals surface area contributed by atoms with Gasteiger partial charge < -0.3 is 19.9 Å². The molecule has 21 heavy (non-hydrogen) atoms. The van der Waals surface area contributed by atoms with E-state index in [0.717, 1.165) is 23.1 Å². The Labute approximate surface area is 131 Å². The van der Waals surface area contributed by atoms with Crippen molar-refractivity contribution in [1.29, 1.82) is 0 Å². The first-order valence-corrected chi connectivity index (χ1v) is 7.99. The lowest BCUT2D eigenvalue weighted by Crippen LogP contribution is -2.44. The minimum Gasteiger partial charge on any atom is -0.480 e. The molecule has 1 unspecified atom stereocenters. The van der Waals surface area contributed by atoms with Crippen LogP contribution < -0.4 is 15.0 Å². The van der Waals surface area contributed by atoms with E-state index in [2.05, 4.69) is 10.3 Å². The number of nitrogens with one attached hydrogen (secondary N) is 1. The Hall–Kier alpha value is -1.34. The van der Waals surface area contributed by atoms with Crippen molar-refractivity contribution in [3.05, 3.63) is 4.88 Å². The average molecular weight is 314 g/mol. The molecule has 1 heterocycles.